The maximum atomic E-state index is 5.87. The number of halogens is 2. The van der Waals surface area contributed by atoms with Crippen LogP contribution in [0.5, 0.6) is 0 Å². The predicted molar refractivity (Wildman–Crippen MR) is 70.7 cm³/mol. The Morgan fingerprint density at radius 3 is 2.94 bits per heavy atom. The summed E-state index contributed by atoms with van der Waals surface area (Å²) in [6.07, 6.45) is 9.63. The minimum atomic E-state index is 0.587. The van der Waals surface area contributed by atoms with Gasteiger partial charge in [-0.05, 0) is 40.8 Å². The second kappa shape index (κ2) is 5.07. The van der Waals surface area contributed by atoms with Crippen molar-refractivity contribution in [3.05, 3.63) is 21.8 Å². The highest BCUT2D eigenvalue weighted by molar-refractivity contribution is 9.10. The molecule has 0 amide bonds. The third kappa shape index (κ3) is 2.90. The number of hydrogen-bond donors (Lipinski definition) is 0. The highest BCUT2D eigenvalue weighted by atomic mass is 79.9. The van der Waals surface area contributed by atoms with Gasteiger partial charge in [0.15, 0.2) is 0 Å². The summed E-state index contributed by atoms with van der Waals surface area (Å²) in [5.41, 5.74) is 0. The maximum Gasteiger partial charge on any atom is 0.143 e. The zero-order valence-electron chi connectivity index (χ0n) is 8.79. The summed E-state index contributed by atoms with van der Waals surface area (Å²) in [5.74, 6) is 4.33. The molecule has 0 aromatic carbocycles. The number of pyridine rings is 1. The molecule has 0 N–H and O–H groups in total. The SMILES string of the molecule is C#CCN(CC1CC1)c1ncc(Cl)cc1Br. The first-order valence-corrected chi connectivity index (χ1v) is 6.37. The van der Waals surface area contributed by atoms with E-state index < -0.39 is 0 Å². The highest BCUT2D eigenvalue weighted by Gasteiger charge is 2.25. The first kappa shape index (κ1) is 11.8. The molecule has 0 saturated heterocycles. The number of hydrogen-bond acceptors (Lipinski definition) is 2. The summed E-state index contributed by atoms with van der Waals surface area (Å²) in [4.78, 5) is 6.45. The van der Waals surface area contributed by atoms with Gasteiger partial charge in [0, 0.05) is 12.7 Å². The van der Waals surface area contributed by atoms with E-state index in [2.05, 4.69) is 31.7 Å². The third-order valence-corrected chi connectivity index (χ3v) is 3.34. The quantitative estimate of drug-likeness (QED) is 0.793. The lowest BCUT2D eigenvalue weighted by Gasteiger charge is -2.22. The molecule has 0 spiro atoms. The van der Waals surface area contributed by atoms with Crippen molar-refractivity contribution in [3.8, 4) is 12.3 Å². The van der Waals surface area contributed by atoms with Gasteiger partial charge in [0.25, 0.3) is 0 Å². The van der Waals surface area contributed by atoms with Gasteiger partial charge < -0.3 is 4.90 Å². The van der Waals surface area contributed by atoms with Crippen LogP contribution in [0.25, 0.3) is 0 Å². The predicted octanol–water partition coefficient (Wildman–Crippen LogP) is 3.35. The molecule has 1 fully saturated rings. The van der Waals surface area contributed by atoms with Crippen molar-refractivity contribution in [2.45, 2.75) is 12.8 Å². The zero-order chi connectivity index (χ0) is 11.5. The number of terminal acetylenes is 1. The minimum absolute atomic E-state index is 0.587. The number of nitrogens with zero attached hydrogens (tertiary/aromatic N) is 2. The fraction of sp³-hybridized carbons (Fsp3) is 0.417. The van der Waals surface area contributed by atoms with Crippen LogP contribution in [-0.2, 0) is 0 Å². The molecule has 2 nitrogen and oxygen atoms in total. The van der Waals surface area contributed by atoms with Gasteiger partial charge in [0.2, 0.25) is 0 Å². The van der Waals surface area contributed by atoms with Crippen LogP contribution in [0.15, 0.2) is 16.7 Å². The molecule has 0 radical (unpaired) electrons. The van der Waals surface area contributed by atoms with Crippen molar-refractivity contribution in [1.82, 2.24) is 4.98 Å². The summed E-state index contributed by atoms with van der Waals surface area (Å²) in [6, 6.07) is 1.85. The lowest BCUT2D eigenvalue weighted by atomic mass is 10.3. The molecule has 16 heavy (non-hydrogen) atoms. The molecule has 84 valence electrons. The van der Waals surface area contributed by atoms with E-state index in [-0.39, 0.29) is 0 Å². The number of rotatable bonds is 4. The lowest BCUT2D eigenvalue weighted by molar-refractivity contribution is 0.753. The van der Waals surface area contributed by atoms with Crippen LogP contribution < -0.4 is 4.90 Å². The van der Waals surface area contributed by atoms with Gasteiger partial charge in [0.05, 0.1) is 16.0 Å². The number of anilines is 1. The molecule has 1 aromatic rings. The van der Waals surface area contributed by atoms with Crippen molar-refractivity contribution < 1.29 is 0 Å². The van der Waals surface area contributed by atoms with Crippen molar-refractivity contribution in [2.24, 2.45) is 5.92 Å². The summed E-state index contributed by atoms with van der Waals surface area (Å²) in [6.45, 7) is 1.57. The van der Waals surface area contributed by atoms with E-state index in [4.69, 9.17) is 18.0 Å². The van der Waals surface area contributed by atoms with Crippen LogP contribution in [0, 0.1) is 18.3 Å². The summed E-state index contributed by atoms with van der Waals surface area (Å²) in [5, 5.41) is 0.628. The fourth-order valence-electron chi connectivity index (χ4n) is 1.59. The molecule has 0 unspecified atom stereocenters. The van der Waals surface area contributed by atoms with E-state index in [1.807, 2.05) is 6.07 Å². The average molecular weight is 300 g/mol. The Labute approximate surface area is 109 Å². The van der Waals surface area contributed by atoms with Crippen LogP contribution in [0.1, 0.15) is 12.8 Å². The summed E-state index contributed by atoms with van der Waals surface area (Å²) < 4.78 is 0.899. The summed E-state index contributed by atoms with van der Waals surface area (Å²) >= 11 is 9.34. The van der Waals surface area contributed by atoms with Gasteiger partial charge in [-0.25, -0.2) is 4.98 Å². The minimum Gasteiger partial charge on any atom is -0.344 e. The Balaban J connectivity index is 2.19. The third-order valence-electron chi connectivity index (χ3n) is 2.55. The van der Waals surface area contributed by atoms with Crippen LogP contribution in [-0.4, -0.2) is 18.1 Å². The van der Waals surface area contributed by atoms with Crippen LogP contribution in [0.3, 0.4) is 0 Å². The van der Waals surface area contributed by atoms with Crippen LogP contribution in [0.4, 0.5) is 5.82 Å². The summed E-state index contributed by atoms with van der Waals surface area (Å²) in [7, 11) is 0. The van der Waals surface area contributed by atoms with E-state index in [1.54, 1.807) is 6.20 Å². The Kier molecular flexibility index (Phi) is 3.73. The maximum absolute atomic E-state index is 5.87. The Morgan fingerprint density at radius 2 is 2.38 bits per heavy atom. The topological polar surface area (TPSA) is 16.1 Å². The molecule has 0 atom stereocenters. The smallest absolute Gasteiger partial charge is 0.143 e. The molecule has 2 rings (SSSR count). The average Bonchev–Trinajstić information content (AvgIpc) is 3.01. The highest BCUT2D eigenvalue weighted by Crippen LogP contribution is 2.33. The fourth-order valence-corrected chi connectivity index (χ4v) is 2.48. The molecule has 0 aliphatic heterocycles. The number of aromatic nitrogens is 1. The van der Waals surface area contributed by atoms with Crippen molar-refractivity contribution in [1.29, 1.82) is 0 Å². The van der Waals surface area contributed by atoms with Gasteiger partial charge in [-0.3, -0.25) is 0 Å². The molecule has 1 aromatic heterocycles. The van der Waals surface area contributed by atoms with E-state index in [0.29, 0.717) is 11.6 Å². The Bertz CT molecular complexity index is 424. The van der Waals surface area contributed by atoms with Crippen molar-refractivity contribution in [2.75, 3.05) is 18.0 Å². The second-order valence-corrected chi connectivity index (χ2v) is 5.28. The van der Waals surface area contributed by atoms with Crippen molar-refractivity contribution >= 4 is 33.3 Å². The molecule has 1 aliphatic rings. The lowest BCUT2D eigenvalue weighted by Crippen LogP contribution is -2.27. The molecular formula is C12H12BrClN2. The molecule has 1 saturated carbocycles. The Morgan fingerprint density at radius 1 is 1.62 bits per heavy atom. The molecule has 4 heteroatoms. The van der Waals surface area contributed by atoms with Gasteiger partial charge in [0.1, 0.15) is 5.82 Å². The molecule has 0 bridgehead atoms. The largest absolute Gasteiger partial charge is 0.344 e. The van der Waals surface area contributed by atoms with E-state index in [0.717, 1.165) is 22.8 Å². The van der Waals surface area contributed by atoms with Crippen LogP contribution in [0.2, 0.25) is 5.02 Å². The van der Waals surface area contributed by atoms with E-state index in [9.17, 15) is 0 Å². The standard InChI is InChI=1S/C12H12BrClN2/c1-2-5-16(8-9-3-4-9)12-11(13)6-10(14)7-15-12/h1,6-7,9H,3-5,8H2. The monoisotopic (exact) mass is 298 g/mol. The second-order valence-electron chi connectivity index (χ2n) is 3.99. The molecular weight excluding hydrogens is 288 g/mol. The molecule has 1 aliphatic carbocycles. The van der Waals surface area contributed by atoms with Gasteiger partial charge in [-0.2, -0.15) is 0 Å². The molecule has 1 heterocycles. The van der Waals surface area contributed by atoms with Gasteiger partial charge in [-0.1, -0.05) is 17.5 Å². The first-order valence-electron chi connectivity index (χ1n) is 5.20. The van der Waals surface area contributed by atoms with Gasteiger partial charge in [-0.15, -0.1) is 6.42 Å². The normalized spacial score (nSPS) is 14.6. The van der Waals surface area contributed by atoms with Crippen molar-refractivity contribution in [3.63, 3.8) is 0 Å². The van der Waals surface area contributed by atoms with Crippen LogP contribution >= 0.6 is 27.5 Å². The van der Waals surface area contributed by atoms with E-state index in [1.165, 1.54) is 12.8 Å². The zero-order valence-corrected chi connectivity index (χ0v) is 11.1. The van der Waals surface area contributed by atoms with E-state index >= 15 is 0 Å². The first-order chi connectivity index (χ1) is 7.70. The Hall–Kier alpha value is -0.720. The van der Waals surface area contributed by atoms with Gasteiger partial charge >= 0.3 is 0 Å².